The molecule has 0 N–H and O–H groups in total. The van der Waals surface area contributed by atoms with Gasteiger partial charge in [0.05, 0.1) is 16.7 Å². The normalized spacial score (nSPS) is 12.0. The minimum atomic E-state index is 0.558. The number of rotatable bonds is 9. The summed E-state index contributed by atoms with van der Waals surface area (Å²) in [7, 11) is 0. The SMILES string of the molecule is C=C/C=C\C=C/c1sc2cccc(-c3ncc(-c4cccc5sc6ccc7c(c8ccccc8n7-c7ccccc7)c6c45)cc3-c3nc(-c4ccccc4)nc(-c4ccccc4)n3)c2c1C. The topological polar surface area (TPSA) is 56.5 Å². The Morgan fingerprint density at radius 1 is 0.485 bits per heavy atom. The molecular formula is C59H39N5S2. The van der Waals surface area contributed by atoms with Crippen LogP contribution in [0.3, 0.4) is 0 Å². The lowest BCUT2D eigenvalue weighted by Crippen LogP contribution is -2.02. The van der Waals surface area contributed by atoms with Crippen LogP contribution in [0.1, 0.15) is 10.4 Å². The summed E-state index contributed by atoms with van der Waals surface area (Å²) in [4.78, 5) is 22.4. The third kappa shape index (κ3) is 6.67. The quantitative estimate of drug-likeness (QED) is 0.136. The van der Waals surface area contributed by atoms with Gasteiger partial charge in [0.1, 0.15) is 0 Å². The van der Waals surface area contributed by atoms with Gasteiger partial charge >= 0.3 is 0 Å². The molecule has 7 heteroatoms. The highest BCUT2D eigenvalue weighted by atomic mass is 32.1. The maximum atomic E-state index is 5.48. The van der Waals surface area contributed by atoms with Crippen LogP contribution in [0.5, 0.6) is 0 Å². The number of allylic oxidation sites excluding steroid dienone is 4. The molecular weight excluding hydrogens is 843 g/mol. The van der Waals surface area contributed by atoms with Crippen LogP contribution >= 0.6 is 22.7 Å². The van der Waals surface area contributed by atoms with Crippen LogP contribution in [0.15, 0.2) is 207 Å². The highest BCUT2D eigenvalue weighted by molar-refractivity contribution is 7.26. The zero-order valence-electron chi connectivity index (χ0n) is 35.9. The van der Waals surface area contributed by atoms with Gasteiger partial charge in [0, 0.05) is 85.6 Å². The van der Waals surface area contributed by atoms with Crippen molar-refractivity contribution < 1.29 is 0 Å². The molecule has 0 aliphatic carbocycles. The maximum Gasteiger partial charge on any atom is 0.166 e. The van der Waals surface area contributed by atoms with E-state index in [9.17, 15) is 0 Å². The summed E-state index contributed by atoms with van der Waals surface area (Å²) in [5.41, 5.74) is 11.3. The fourth-order valence-corrected chi connectivity index (χ4v) is 11.6. The van der Waals surface area contributed by atoms with Crippen molar-refractivity contribution in [2.24, 2.45) is 0 Å². The van der Waals surface area contributed by atoms with Crippen LogP contribution in [0.25, 0.3) is 120 Å². The first kappa shape index (κ1) is 39.5. The molecule has 5 nitrogen and oxygen atoms in total. The predicted octanol–water partition coefficient (Wildman–Crippen LogP) is 16.3. The summed E-state index contributed by atoms with van der Waals surface area (Å²) < 4.78 is 6.05. The predicted molar refractivity (Wildman–Crippen MR) is 281 cm³/mol. The van der Waals surface area contributed by atoms with E-state index >= 15 is 0 Å². The summed E-state index contributed by atoms with van der Waals surface area (Å²) in [6.07, 6.45) is 12.0. The molecule has 0 aliphatic heterocycles. The molecule has 0 saturated carbocycles. The first-order valence-electron chi connectivity index (χ1n) is 21.9. The molecule has 0 radical (unpaired) electrons. The summed E-state index contributed by atoms with van der Waals surface area (Å²) >= 11 is 3.62. The Bertz CT molecular complexity index is 3840. The van der Waals surface area contributed by atoms with Crippen molar-refractivity contribution in [1.82, 2.24) is 24.5 Å². The van der Waals surface area contributed by atoms with E-state index in [1.165, 1.54) is 62.5 Å². The van der Waals surface area contributed by atoms with Gasteiger partial charge in [0.15, 0.2) is 17.5 Å². The second-order valence-corrected chi connectivity index (χ2v) is 18.4. The molecule has 12 rings (SSSR count). The van der Waals surface area contributed by atoms with Crippen molar-refractivity contribution in [2.45, 2.75) is 6.92 Å². The second-order valence-electron chi connectivity index (χ2n) is 16.2. The van der Waals surface area contributed by atoms with Gasteiger partial charge in [-0.2, -0.15) is 0 Å². The number of hydrogen-bond acceptors (Lipinski definition) is 6. The fourth-order valence-electron chi connectivity index (χ4n) is 9.35. The van der Waals surface area contributed by atoms with E-state index in [0.29, 0.717) is 17.5 Å². The molecule has 7 aromatic carbocycles. The minimum Gasteiger partial charge on any atom is -0.309 e. The molecule has 0 unspecified atom stereocenters. The molecule has 312 valence electrons. The van der Waals surface area contributed by atoms with Crippen LogP contribution in [0, 0.1) is 6.92 Å². The van der Waals surface area contributed by atoms with Gasteiger partial charge < -0.3 is 4.57 Å². The zero-order chi connectivity index (χ0) is 44.1. The number of aromatic nitrogens is 5. The first-order chi connectivity index (χ1) is 32.6. The van der Waals surface area contributed by atoms with E-state index in [-0.39, 0.29) is 0 Å². The average molecular weight is 882 g/mol. The van der Waals surface area contributed by atoms with Crippen LogP contribution < -0.4 is 0 Å². The molecule has 0 spiro atoms. The number of fused-ring (bicyclic) bond motifs is 8. The van der Waals surface area contributed by atoms with Gasteiger partial charge in [-0.05, 0) is 72.7 Å². The number of pyridine rings is 1. The molecule has 0 amide bonds. The molecule has 5 heterocycles. The van der Waals surface area contributed by atoms with Gasteiger partial charge in [-0.3, -0.25) is 4.98 Å². The summed E-state index contributed by atoms with van der Waals surface area (Å²) in [6.45, 7) is 6.03. The lowest BCUT2D eigenvalue weighted by Gasteiger charge is -2.15. The van der Waals surface area contributed by atoms with Crippen molar-refractivity contribution in [3.8, 4) is 62.2 Å². The van der Waals surface area contributed by atoms with Crippen LogP contribution in [-0.4, -0.2) is 24.5 Å². The van der Waals surface area contributed by atoms with Crippen molar-refractivity contribution in [3.05, 3.63) is 217 Å². The molecule has 66 heavy (non-hydrogen) atoms. The third-order valence-electron chi connectivity index (χ3n) is 12.3. The van der Waals surface area contributed by atoms with Crippen molar-refractivity contribution in [2.75, 3.05) is 0 Å². The van der Waals surface area contributed by atoms with Gasteiger partial charge in [0.2, 0.25) is 0 Å². The number of para-hydroxylation sites is 2. The van der Waals surface area contributed by atoms with Gasteiger partial charge in [-0.15, -0.1) is 22.7 Å². The van der Waals surface area contributed by atoms with E-state index in [4.69, 9.17) is 19.9 Å². The fraction of sp³-hybridized carbons (Fsp3) is 0.0169. The van der Waals surface area contributed by atoms with E-state index in [1.807, 2.05) is 66.1 Å². The molecule has 12 aromatic rings. The molecule has 0 atom stereocenters. The number of thiophene rings is 2. The van der Waals surface area contributed by atoms with Crippen molar-refractivity contribution in [1.29, 1.82) is 0 Å². The second kappa shape index (κ2) is 16.5. The van der Waals surface area contributed by atoms with Crippen LogP contribution in [0.2, 0.25) is 0 Å². The Balaban J connectivity index is 1.15. The summed E-state index contributed by atoms with van der Waals surface area (Å²) in [6, 6.07) is 59.8. The monoisotopic (exact) mass is 881 g/mol. The third-order valence-corrected chi connectivity index (χ3v) is 14.6. The highest BCUT2D eigenvalue weighted by Crippen LogP contribution is 2.48. The van der Waals surface area contributed by atoms with Gasteiger partial charge in [-0.25, -0.2) is 15.0 Å². The molecule has 0 saturated heterocycles. The van der Waals surface area contributed by atoms with E-state index < -0.39 is 0 Å². The largest absolute Gasteiger partial charge is 0.309 e. The average Bonchev–Trinajstić information content (AvgIpc) is 4.04. The van der Waals surface area contributed by atoms with E-state index in [2.05, 4.69) is 164 Å². The Morgan fingerprint density at radius 2 is 1.12 bits per heavy atom. The van der Waals surface area contributed by atoms with E-state index in [1.54, 1.807) is 17.4 Å². The summed E-state index contributed by atoms with van der Waals surface area (Å²) in [5.74, 6) is 1.76. The molecule has 5 aromatic heterocycles. The highest BCUT2D eigenvalue weighted by Gasteiger charge is 2.24. The lowest BCUT2D eigenvalue weighted by atomic mass is 9.94. The maximum absolute atomic E-state index is 5.48. The van der Waals surface area contributed by atoms with Crippen LogP contribution in [-0.2, 0) is 0 Å². The van der Waals surface area contributed by atoms with Crippen molar-refractivity contribution >= 4 is 80.8 Å². The number of benzene rings is 7. The number of aryl methyl sites for hydroxylation is 1. The Kier molecular flexibility index (Phi) is 9.85. The lowest BCUT2D eigenvalue weighted by molar-refractivity contribution is 1.07. The summed E-state index contributed by atoms with van der Waals surface area (Å²) in [5, 5.41) is 6.10. The Hall–Kier alpha value is -8.10. The van der Waals surface area contributed by atoms with Crippen molar-refractivity contribution in [3.63, 3.8) is 0 Å². The minimum absolute atomic E-state index is 0.558. The molecule has 0 aliphatic rings. The molecule has 0 fully saturated rings. The standard InChI is InChI=1S/C59H39N5S2/c1-3-4-5-15-30-48-37(2)52-44(28-19-31-49(52)65-48)56-45(59-62-57(38-20-9-6-10-21-38)61-58(63-59)39-22-11-7-12-23-39)35-40(36-60-56)42-27-18-32-50-54(42)55-51(66-50)34-33-47-53(55)43-26-16-17-29-46(43)64(47)41-24-13-8-14-25-41/h3-36H,1H2,2H3/b5-4-,30-15-. The Morgan fingerprint density at radius 3 is 1.85 bits per heavy atom. The van der Waals surface area contributed by atoms with E-state index in [0.717, 1.165) is 44.8 Å². The van der Waals surface area contributed by atoms with Crippen LogP contribution in [0.4, 0.5) is 0 Å². The number of hydrogen-bond donors (Lipinski definition) is 0. The number of nitrogens with zero attached hydrogens (tertiary/aromatic N) is 5. The molecule has 0 bridgehead atoms. The zero-order valence-corrected chi connectivity index (χ0v) is 37.5. The van der Waals surface area contributed by atoms with Gasteiger partial charge in [0.25, 0.3) is 0 Å². The first-order valence-corrected chi connectivity index (χ1v) is 23.5. The Labute approximate surface area is 389 Å². The smallest absolute Gasteiger partial charge is 0.166 e. The van der Waals surface area contributed by atoms with Gasteiger partial charge in [-0.1, -0.05) is 152 Å².